The predicted molar refractivity (Wildman–Crippen MR) is 114 cm³/mol. The molecule has 160 valence electrons. The maximum absolute atomic E-state index is 12.2. The summed E-state index contributed by atoms with van der Waals surface area (Å²) in [5.41, 5.74) is 1.93. The van der Waals surface area contributed by atoms with Gasteiger partial charge in [-0.05, 0) is 54.8 Å². The van der Waals surface area contributed by atoms with Gasteiger partial charge in [-0.3, -0.25) is 9.59 Å². The van der Waals surface area contributed by atoms with Crippen LogP contribution >= 0.6 is 0 Å². The number of carbonyl (C=O) groups excluding carboxylic acids is 3. The molecule has 0 aliphatic heterocycles. The van der Waals surface area contributed by atoms with E-state index >= 15 is 0 Å². The van der Waals surface area contributed by atoms with Crippen LogP contribution in [-0.2, 0) is 16.0 Å². The van der Waals surface area contributed by atoms with Crippen LogP contribution in [0, 0.1) is 0 Å². The minimum Gasteiger partial charge on any atom is -0.494 e. The second-order valence-electron chi connectivity index (χ2n) is 6.70. The molecule has 2 amide bonds. The molecule has 0 atom stereocenters. The van der Waals surface area contributed by atoms with Crippen LogP contribution in [-0.4, -0.2) is 44.6 Å². The fourth-order valence-corrected chi connectivity index (χ4v) is 2.63. The number of rotatable bonds is 11. The van der Waals surface area contributed by atoms with Gasteiger partial charge in [0.25, 0.3) is 5.91 Å². The fourth-order valence-electron chi connectivity index (χ4n) is 2.63. The maximum atomic E-state index is 12.2. The molecule has 7 nitrogen and oxygen atoms in total. The van der Waals surface area contributed by atoms with E-state index in [-0.39, 0.29) is 24.3 Å². The number of nitrogens with one attached hydrogen (secondary N) is 2. The largest absolute Gasteiger partial charge is 0.494 e. The monoisotopic (exact) mass is 412 g/mol. The zero-order chi connectivity index (χ0) is 21.8. The van der Waals surface area contributed by atoms with E-state index in [0.717, 1.165) is 24.2 Å². The lowest BCUT2D eigenvalue weighted by Crippen LogP contribution is -2.37. The van der Waals surface area contributed by atoms with E-state index < -0.39 is 0 Å². The van der Waals surface area contributed by atoms with Gasteiger partial charge in [-0.15, -0.1) is 0 Å². The van der Waals surface area contributed by atoms with Crippen molar-refractivity contribution in [3.05, 3.63) is 65.2 Å². The van der Waals surface area contributed by atoms with E-state index in [1.54, 1.807) is 36.4 Å². The summed E-state index contributed by atoms with van der Waals surface area (Å²) in [4.78, 5) is 35.5. The Morgan fingerprint density at radius 1 is 0.900 bits per heavy atom. The molecule has 2 aromatic carbocycles. The van der Waals surface area contributed by atoms with Crippen LogP contribution in [0.15, 0.2) is 48.5 Å². The molecule has 0 fully saturated rings. The number of benzene rings is 2. The first-order valence-corrected chi connectivity index (χ1v) is 9.98. The molecule has 0 saturated carbocycles. The smallest absolute Gasteiger partial charge is 0.337 e. The molecule has 0 aromatic heterocycles. The molecular weight excluding hydrogens is 384 g/mol. The Hall–Kier alpha value is -3.35. The Morgan fingerprint density at radius 3 is 2.20 bits per heavy atom. The molecule has 2 aromatic rings. The summed E-state index contributed by atoms with van der Waals surface area (Å²) in [5, 5.41) is 5.36. The number of amides is 2. The Labute approximate surface area is 176 Å². The van der Waals surface area contributed by atoms with Crippen molar-refractivity contribution in [2.45, 2.75) is 26.2 Å². The number of ether oxygens (including phenoxy) is 2. The van der Waals surface area contributed by atoms with Crippen molar-refractivity contribution in [2.75, 3.05) is 26.8 Å². The molecule has 0 spiro atoms. The van der Waals surface area contributed by atoms with Crippen molar-refractivity contribution in [1.82, 2.24) is 10.6 Å². The van der Waals surface area contributed by atoms with Crippen molar-refractivity contribution in [3.63, 3.8) is 0 Å². The lowest BCUT2D eigenvalue weighted by molar-refractivity contribution is -0.120. The van der Waals surface area contributed by atoms with E-state index in [1.807, 2.05) is 12.1 Å². The number of hydrogen-bond acceptors (Lipinski definition) is 5. The molecule has 0 aliphatic carbocycles. The van der Waals surface area contributed by atoms with E-state index in [9.17, 15) is 14.4 Å². The van der Waals surface area contributed by atoms with E-state index in [0.29, 0.717) is 30.7 Å². The van der Waals surface area contributed by atoms with Crippen molar-refractivity contribution < 1.29 is 23.9 Å². The highest BCUT2D eigenvalue weighted by Gasteiger charge is 2.09. The summed E-state index contributed by atoms with van der Waals surface area (Å²) in [6.45, 7) is 3.07. The van der Waals surface area contributed by atoms with Gasteiger partial charge in [-0.1, -0.05) is 25.5 Å². The Bertz CT molecular complexity index is 832. The van der Waals surface area contributed by atoms with Gasteiger partial charge in [0.2, 0.25) is 5.91 Å². The third-order valence-corrected chi connectivity index (χ3v) is 4.40. The van der Waals surface area contributed by atoms with Gasteiger partial charge in [0.15, 0.2) is 0 Å². The number of unbranched alkanes of at least 4 members (excludes halogenated alkanes) is 1. The Morgan fingerprint density at radius 2 is 1.57 bits per heavy atom. The quantitative estimate of drug-likeness (QED) is 0.437. The Balaban J connectivity index is 1.68. The first kappa shape index (κ1) is 22.9. The van der Waals surface area contributed by atoms with Crippen molar-refractivity contribution in [3.8, 4) is 5.75 Å². The van der Waals surface area contributed by atoms with E-state index in [1.165, 1.54) is 7.11 Å². The fraction of sp³-hybridized carbons (Fsp3) is 0.348. The number of hydrogen-bond donors (Lipinski definition) is 2. The average Bonchev–Trinajstić information content (AvgIpc) is 2.78. The minimum absolute atomic E-state index is 0.102. The third kappa shape index (κ3) is 7.58. The third-order valence-electron chi connectivity index (χ3n) is 4.40. The molecule has 2 rings (SSSR count). The summed E-state index contributed by atoms with van der Waals surface area (Å²) in [7, 11) is 1.34. The van der Waals surface area contributed by atoms with Crippen molar-refractivity contribution in [2.24, 2.45) is 0 Å². The first-order valence-electron chi connectivity index (χ1n) is 9.98. The van der Waals surface area contributed by atoms with Gasteiger partial charge in [-0.2, -0.15) is 0 Å². The summed E-state index contributed by atoms with van der Waals surface area (Å²) >= 11 is 0. The zero-order valence-electron chi connectivity index (χ0n) is 17.4. The SMILES string of the molecule is CCCCOc1ccc(C(=O)NCC(=O)NCCc2ccc(C(=O)OC)cc2)cc1. The molecule has 30 heavy (non-hydrogen) atoms. The van der Waals surface area contributed by atoms with E-state index in [4.69, 9.17) is 4.74 Å². The number of methoxy groups -OCH3 is 1. The highest BCUT2D eigenvalue weighted by molar-refractivity contribution is 5.96. The topological polar surface area (TPSA) is 93.7 Å². The predicted octanol–water partition coefficient (Wildman–Crippen LogP) is 2.74. The van der Waals surface area contributed by atoms with Crippen LogP contribution in [0.5, 0.6) is 5.75 Å². The molecule has 0 heterocycles. The van der Waals surface area contributed by atoms with Crippen molar-refractivity contribution in [1.29, 1.82) is 0 Å². The Kier molecular flexibility index (Phi) is 9.37. The normalized spacial score (nSPS) is 10.2. The second kappa shape index (κ2) is 12.3. The van der Waals surface area contributed by atoms with Gasteiger partial charge in [-0.25, -0.2) is 4.79 Å². The van der Waals surface area contributed by atoms with Crippen molar-refractivity contribution >= 4 is 17.8 Å². The van der Waals surface area contributed by atoms with Crippen LogP contribution in [0.4, 0.5) is 0 Å². The van der Waals surface area contributed by atoms with Gasteiger partial charge in [0, 0.05) is 12.1 Å². The van der Waals surface area contributed by atoms with Crippen LogP contribution in [0.3, 0.4) is 0 Å². The highest BCUT2D eigenvalue weighted by atomic mass is 16.5. The van der Waals surface area contributed by atoms with Crippen LogP contribution in [0.25, 0.3) is 0 Å². The summed E-state index contributed by atoms with van der Waals surface area (Å²) < 4.78 is 10.2. The minimum atomic E-state index is -0.385. The van der Waals surface area contributed by atoms with Gasteiger partial charge >= 0.3 is 5.97 Å². The van der Waals surface area contributed by atoms with Crippen LogP contribution in [0.1, 0.15) is 46.0 Å². The van der Waals surface area contributed by atoms with Crippen LogP contribution < -0.4 is 15.4 Å². The number of carbonyl (C=O) groups is 3. The van der Waals surface area contributed by atoms with Gasteiger partial charge in [0.05, 0.1) is 25.8 Å². The molecule has 0 aliphatic rings. The zero-order valence-corrected chi connectivity index (χ0v) is 17.4. The molecule has 2 N–H and O–H groups in total. The summed E-state index contributed by atoms with van der Waals surface area (Å²) in [6.07, 6.45) is 2.65. The average molecular weight is 412 g/mol. The maximum Gasteiger partial charge on any atom is 0.337 e. The molecule has 0 unspecified atom stereocenters. The molecular formula is C23H28N2O5. The molecule has 0 radical (unpaired) electrons. The lowest BCUT2D eigenvalue weighted by Gasteiger charge is -2.09. The lowest BCUT2D eigenvalue weighted by atomic mass is 10.1. The van der Waals surface area contributed by atoms with Crippen LogP contribution in [0.2, 0.25) is 0 Å². The van der Waals surface area contributed by atoms with Gasteiger partial charge in [0.1, 0.15) is 5.75 Å². The number of esters is 1. The highest BCUT2D eigenvalue weighted by Crippen LogP contribution is 2.12. The van der Waals surface area contributed by atoms with E-state index in [2.05, 4.69) is 22.3 Å². The standard InChI is InChI=1S/C23H28N2O5/c1-3-4-15-30-20-11-9-18(10-12-20)22(27)25-16-21(26)24-14-13-17-5-7-19(8-6-17)23(28)29-2/h5-12H,3-4,13-16H2,1-2H3,(H,24,26)(H,25,27). The summed E-state index contributed by atoms with van der Waals surface area (Å²) in [5.74, 6) is -0.251. The molecule has 0 saturated heterocycles. The first-order chi connectivity index (χ1) is 14.5. The second-order valence-corrected chi connectivity index (χ2v) is 6.70. The molecule has 7 heteroatoms. The van der Waals surface area contributed by atoms with Gasteiger partial charge < -0.3 is 20.1 Å². The summed E-state index contributed by atoms with van der Waals surface area (Å²) in [6, 6.07) is 13.8. The molecule has 0 bridgehead atoms.